The summed E-state index contributed by atoms with van der Waals surface area (Å²) >= 11 is 0. The zero-order valence-corrected chi connectivity index (χ0v) is 16.8. The Hall–Kier alpha value is -2.81. The molecule has 1 aromatic heterocycles. The molecule has 0 unspecified atom stereocenters. The van der Waals surface area contributed by atoms with Crippen molar-refractivity contribution in [1.29, 1.82) is 0 Å². The zero-order valence-electron chi connectivity index (χ0n) is 16.8. The molecule has 1 heterocycles. The maximum atomic E-state index is 13.5. The van der Waals surface area contributed by atoms with Gasteiger partial charge in [-0.25, -0.2) is 8.78 Å². The lowest BCUT2D eigenvalue weighted by Crippen LogP contribution is -2.27. The van der Waals surface area contributed by atoms with Crippen molar-refractivity contribution >= 4 is 17.5 Å². The van der Waals surface area contributed by atoms with Crippen molar-refractivity contribution < 1.29 is 18.4 Å². The fourth-order valence-corrected chi connectivity index (χ4v) is 2.78. The predicted molar refractivity (Wildman–Crippen MR) is 107 cm³/mol. The number of nitrogens with one attached hydrogen (secondary N) is 2. The summed E-state index contributed by atoms with van der Waals surface area (Å²) in [4.78, 5) is 26.2. The molecule has 0 aliphatic carbocycles. The van der Waals surface area contributed by atoms with E-state index in [0.717, 1.165) is 38.3 Å². The van der Waals surface area contributed by atoms with Gasteiger partial charge in [-0.2, -0.15) is 5.10 Å². The van der Waals surface area contributed by atoms with Crippen molar-refractivity contribution in [3.05, 3.63) is 47.8 Å². The smallest absolute Gasteiger partial charge is 0.254 e. The predicted octanol–water partition coefficient (Wildman–Crippen LogP) is 2.65. The van der Waals surface area contributed by atoms with Gasteiger partial charge in [0.2, 0.25) is 5.91 Å². The van der Waals surface area contributed by atoms with Gasteiger partial charge in [0.25, 0.3) is 5.91 Å². The lowest BCUT2D eigenvalue weighted by Gasteiger charge is -2.17. The highest BCUT2D eigenvalue weighted by molar-refractivity contribution is 5.94. The van der Waals surface area contributed by atoms with Gasteiger partial charge in [-0.3, -0.25) is 14.3 Å². The van der Waals surface area contributed by atoms with Gasteiger partial charge < -0.3 is 15.5 Å². The Morgan fingerprint density at radius 1 is 1.21 bits per heavy atom. The largest absolute Gasteiger partial charge is 0.352 e. The summed E-state index contributed by atoms with van der Waals surface area (Å²) in [6, 6.07) is 2.77. The number of anilines is 1. The number of carbonyl (C=O) groups excluding carboxylic acids is 2. The molecular formula is C20H27F2N5O2. The molecule has 0 saturated carbocycles. The molecule has 2 rings (SSSR count). The first-order valence-electron chi connectivity index (χ1n) is 9.70. The van der Waals surface area contributed by atoms with Gasteiger partial charge in [0.05, 0.1) is 24.0 Å². The Morgan fingerprint density at radius 3 is 2.66 bits per heavy atom. The van der Waals surface area contributed by atoms with Crippen LogP contribution in [0.25, 0.3) is 0 Å². The number of carbonyl (C=O) groups is 2. The first-order valence-corrected chi connectivity index (χ1v) is 9.70. The Morgan fingerprint density at radius 2 is 1.97 bits per heavy atom. The number of rotatable bonds is 11. The first kappa shape index (κ1) is 22.5. The van der Waals surface area contributed by atoms with Crippen LogP contribution in [0.2, 0.25) is 0 Å². The molecule has 29 heavy (non-hydrogen) atoms. The van der Waals surface area contributed by atoms with Crippen LogP contribution < -0.4 is 10.6 Å². The number of hydrogen-bond donors (Lipinski definition) is 2. The Kier molecular flexibility index (Phi) is 8.72. The SMILES string of the molecule is CCN(CC)CCn1cc(NC(=O)CCCNC(=O)c2ccc(F)cc2F)cn1. The number of benzene rings is 1. The highest BCUT2D eigenvalue weighted by atomic mass is 19.1. The van der Waals surface area contributed by atoms with Crippen LogP contribution in [0, 0.1) is 11.6 Å². The summed E-state index contributed by atoms with van der Waals surface area (Å²) in [6.07, 6.45) is 3.95. The van der Waals surface area contributed by atoms with Crippen LogP contribution in [-0.4, -0.2) is 52.7 Å². The molecule has 1 aromatic carbocycles. The molecule has 0 saturated heterocycles. The molecule has 0 aliphatic heterocycles. The monoisotopic (exact) mass is 407 g/mol. The molecule has 9 heteroatoms. The van der Waals surface area contributed by atoms with Crippen molar-refractivity contribution in [3.8, 4) is 0 Å². The van der Waals surface area contributed by atoms with Crippen molar-refractivity contribution in [2.45, 2.75) is 33.2 Å². The third kappa shape index (κ3) is 7.26. The third-order valence-corrected chi connectivity index (χ3v) is 4.50. The van der Waals surface area contributed by atoms with E-state index in [1.165, 1.54) is 0 Å². The first-order chi connectivity index (χ1) is 13.9. The quantitative estimate of drug-likeness (QED) is 0.562. The fraction of sp³-hybridized carbons (Fsp3) is 0.450. The van der Waals surface area contributed by atoms with Gasteiger partial charge in [-0.1, -0.05) is 13.8 Å². The second-order valence-corrected chi connectivity index (χ2v) is 6.55. The van der Waals surface area contributed by atoms with Gasteiger partial charge in [0.1, 0.15) is 11.6 Å². The maximum absolute atomic E-state index is 13.5. The summed E-state index contributed by atoms with van der Waals surface area (Å²) in [7, 11) is 0. The molecule has 2 N–H and O–H groups in total. The Labute approximate surface area is 169 Å². The van der Waals surface area contributed by atoms with Gasteiger partial charge in [0.15, 0.2) is 0 Å². The molecule has 0 atom stereocenters. The van der Waals surface area contributed by atoms with E-state index in [0.29, 0.717) is 18.2 Å². The van der Waals surface area contributed by atoms with Gasteiger partial charge in [0, 0.05) is 31.8 Å². The minimum absolute atomic E-state index is 0.191. The zero-order chi connectivity index (χ0) is 21.2. The average molecular weight is 407 g/mol. The van der Waals surface area contributed by atoms with Crippen molar-refractivity contribution in [1.82, 2.24) is 20.0 Å². The van der Waals surface area contributed by atoms with Crippen LogP contribution in [0.4, 0.5) is 14.5 Å². The van der Waals surface area contributed by atoms with Crippen molar-refractivity contribution in [2.24, 2.45) is 0 Å². The number of halogens is 2. The molecule has 7 nitrogen and oxygen atoms in total. The van der Waals surface area contributed by atoms with Crippen LogP contribution in [0.3, 0.4) is 0 Å². The minimum Gasteiger partial charge on any atom is -0.352 e. The number of nitrogens with zero attached hydrogens (tertiary/aromatic N) is 3. The summed E-state index contributed by atoms with van der Waals surface area (Å²) < 4.78 is 28.2. The normalized spacial score (nSPS) is 10.9. The summed E-state index contributed by atoms with van der Waals surface area (Å²) in [5.74, 6) is -2.50. The van der Waals surface area contributed by atoms with Gasteiger partial charge in [-0.05, 0) is 31.6 Å². The number of likely N-dealkylation sites (N-methyl/N-ethyl adjacent to an activating group) is 1. The van der Waals surface area contributed by atoms with E-state index in [9.17, 15) is 18.4 Å². The lowest BCUT2D eigenvalue weighted by atomic mass is 10.2. The van der Waals surface area contributed by atoms with E-state index in [4.69, 9.17) is 0 Å². The highest BCUT2D eigenvalue weighted by Gasteiger charge is 2.12. The highest BCUT2D eigenvalue weighted by Crippen LogP contribution is 2.09. The topological polar surface area (TPSA) is 79.3 Å². The van der Waals surface area contributed by atoms with Crippen LogP contribution in [0.1, 0.15) is 37.0 Å². The van der Waals surface area contributed by atoms with E-state index in [2.05, 4.69) is 34.5 Å². The summed E-state index contributed by atoms with van der Waals surface area (Å²) in [5, 5.41) is 9.51. The third-order valence-electron chi connectivity index (χ3n) is 4.50. The molecule has 2 aromatic rings. The second-order valence-electron chi connectivity index (χ2n) is 6.55. The minimum atomic E-state index is -0.918. The van der Waals surface area contributed by atoms with Crippen LogP contribution >= 0.6 is 0 Å². The van der Waals surface area contributed by atoms with Crippen molar-refractivity contribution in [3.63, 3.8) is 0 Å². The molecule has 0 bridgehead atoms. The summed E-state index contributed by atoms with van der Waals surface area (Å²) in [6.45, 7) is 8.00. The molecule has 0 radical (unpaired) electrons. The van der Waals surface area contributed by atoms with Gasteiger partial charge >= 0.3 is 0 Å². The fourth-order valence-electron chi connectivity index (χ4n) is 2.78. The number of amides is 2. The van der Waals surface area contributed by atoms with E-state index in [1.54, 1.807) is 17.1 Å². The molecular weight excluding hydrogens is 380 g/mol. The van der Waals surface area contributed by atoms with Gasteiger partial charge in [-0.15, -0.1) is 0 Å². The van der Waals surface area contributed by atoms with E-state index >= 15 is 0 Å². The summed E-state index contributed by atoms with van der Waals surface area (Å²) in [5.41, 5.74) is 0.389. The Bertz CT molecular complexity index is 821. The molecule has 0 spiro atoms. The lowest BCUT2D eigenvalue weighted by molar-refractivity contribution is -0.116. The molecule has 158 valence electrons. The Balaban J connectivity index is 1.69. The van der Waals surface area contributed by atoms with E-state index in [-0.39, 0.29) is 24.4 Å². The molecule has 0 aliphatic rings. The van der Waals surface area contributed by atoms with E-state index < -0.39 is 17.5 Å². The van der Waals surface area contributed by atoms with Crippen LogP contribution in [0.5, 0.6) is 0 Å². The number of hydrogen-bond acceptors (Lipinski definition) is 4. The van der Waals surface area contributed by atoms with Crippen molar-refractivity contribution in [2.75, 3.05) is 31.5 Å². The second kappa shape index (κ2) is 11.3. The molecule has 2 amide bonds. The number of aromatic nitrogens is 2. The van der Waals surface area contributed by atoms with Crippen LogP contribution in [0.15, 0.2) is 30.6 Å². The molecule has 0 fully saturated rings. The van der Waals surface area contributed by atoms with Crippen LogP contribution in [-0.2, 0) is 11.3 Å². The standard InChI is InChI=1S/C20H27F2N5O2/c1-3-26(4-2)10-11-27-14-16(13-24-27)25-19(28)6-5-9-23-20(29)17-8-7-15(21)12-18(17)22/h7-8,12-14H,3-6,9-11H2,1-2H3,(H,23,29)(H,25,28). The van der Waals surface area contributed by atoms with E-state index in [1.807, 2.05) is 0 Å². The average Bonchev–Trinajstić information content (AvgIpc) is 3.13. The maximum Gasteiger partial charge on any atom is 0.254 e.